The van der Waals surface area contributed by atoms with Crippen LogP contribution in [0.5, 0.6) is 0 Å². The van der Waals surface area contributed by atoms with E-state index >= 15 is 0 Å². The van der Waals surface area contributed by atoms with Crippen LogP contribution >= 0.6 is 11.8 Å². The maximum absolute atomic E-state index is 11.0. The smallest absolute Gasteiger partial charge is 0.198 e. The van der Waals surface area contributed by atoms with Gasteiger partial charge in [0.1, 0.15) is 0 Å². The average Bonchev–Trinajstić information content (AvgIpc) is 2.17. The van der Waals surface area contributed by atoms with Gasteiger partial charge in [-0.1, -0.05) is 13.8 Å². The molecule has 10 heavy (non-hydrogen) atoms. The minimum absolute atomic E-state index is 0.156. The third-order valence-electron chi connectivity index (χ3n) is 1.94. The summed E-state index contributed by atoms with van der Waals surface area (Å²) in [6, 6.07) is 0. The second kappa shape index (κ2) is 2.74. The topological polar surface area (TPSA) is 29.4 Å². The highest BCUT2D eigenvalue weighted by Crippen LogP contribution is 2.33. The van der Waals surface area contributed by atoms with Gasteiger partial charge in [-0.05, 0) is 11.8 Å². The molecule has 2 atom stereocenters. The molecule has 0 amide bonds. The maximum Gasteiger partial charge on any atom is 0.198 e. The molecule has 0 aliphatic carbocycles. The van der Waals surface area contributed by atoms with Crippen LogP contribution in [0, 0.1) is 11.8 Å². The third kappa shape index (κ3) is 1.10. The zero-order valence-corrected chi connectivity index (χ0v) is 7.23. The number of carbonyl (C=O) groups excluding carboxylic acids is 1. The van der Waals surface area contributed by atoms with Gasteiger partial charge in [0.2, 0.25) is 0 Å². The van der Waals surface area contributed by atoms with Crippen molar-refractivity contribution in [3.8, 4) is 0 Å². The normalized spacial score (nSPS) is 37.5. The van der Waals surface area contributed by atoms with Gasteiger partial charge in [0, 0.05) is 18.9 Å². The van der Waals surface area contributed by atoms with Crippen LogP contribution in [0.25, 0.3) is 0 Å². The Balaban J connectivity index is 2.81. The van der Waals surface area contributed by atoms with Crippen LogP contribution in [0.15, 0.2) is 4.99 Å². The van der Waals surface area contributed by atoms with Gasteiger partial charge in [0.25, 0.3) is 0 Å². The van der Waals surface area contributed by atoms with Gasteiger partial charge in [-0.3, -0.25) is 9.79 Å². The minimum atomic E-state index is 0.156. The highest BCUT2D eigenvalue weighted by Gasteiger charge is 2.33. The Labute approximate surface area is 65.1 Å². The van der Waals surface area contributed by atoms with Crippen molar-refractivity contribution in [2.75, 3.05) is 7.05 Å². The van der Waals surface area contributed by atoms with E-state index in [0.717, 1.165) is 5.04 Å². The summed E-state index contributed by atoms with van der Waals surface area (Å²) in [5.41, 5.74) is 0. The van der Waals surface area contributed by atoms with E-state index in [1.165, 1.54) is 11.8 Å². The van der Waals surface area contributed by atoms with Crippen molar-refractivity contribution in [3.63, 3.8) is 0 Å². The lowest BCUT2D eigenvalue weighted by Gasteiger charge is -2.03. The van der Waals surface area contributed by atoms with E-state index in [1.807, 2.05) is 13.8 Å². The van der Waals surface area contributed by atoms with Gasteiger partial charge in [-0.2, -0.15) is 0 Å². The Morgan fingerprint density at radius 3 is 2.20 bits per heavy atom. The van der Waals surface area contributed by atoms with Crippen molar-refractivity contribution in [3.05, 3.63) is 0 Å². The lowest BCUT2D eigenvalue weighted by Crippen LogP contribution is -2.09. The molecule has 2 nitrogen and oxygen atoms in total. The van der Waals surface area contributed by atoms with Crippen molar-refractivity contribution in [2.45, 2.75) is 13.8 Å². The van der Waals surface area contributed by atoms with Crippen LogP contribution in [0.3, 0.4) is 0 Å². The molecule has 0 radical (unpaired) electrons. The average molecular weight is 157 g/mol. The molecule has 0 aromatic carbocycles. The Hall–Kier alpha value is -0.310. The molecule has 1 rings (SSSR count). The first kappa shape index (κ1) is 7.79. The molecule has 56 valence electrons. The van der Waals surface area contributed by atoms with Crippen LogP contribution in [-0.4, -0.2) is 17.2 Å². The quantitative estimate of drug-likeness (QED) is 0.534. The summed E-state index contributed by atoms with van der Waals surface area (Å²) in [4.78, 5) is 15.1. The molecule has 0 spiro atoms. The van der Waals surface area contributed by atoms with E-state index in [2.05, 4.69) is 4.99 Å². The summed E-state index contributed by atoms with van der Waals surface area (Å²) in [5, 5.41) is 1.24. The minimum Gasteiger partial charge on any atom is -0.286 e. The van der Waals surface area contributed by atoms with Gasteiger partial charge >= 0.3 is 0 Å². The molecule has 2 unspecified atom stereocenters. The van der Waals surface area contributed by atoms with E-state index in [4.69, 9.17) is 0 Å². The van der Waals surface area contributed by atoms with Crippen LogP contribution in [0.2, 0.25) is 0 Å². The van der Waals surface area contributed by atoms with Crippen molar-refractivity contribution in [1.29, 1.82) is 0 Å². The third-order valence-corrected chi connectivity index (χ3v) is 3.27. The van der Waals surface area contributed by atoms with Gasteiger partial charge in [0.05, 0.1) is 5.04 Å². The predicted molar refractivity (Wildman–Crippen MR) is 44.3 cm³/mol. The Morgan fingerprint density at radius 2 is 2.00 bits per heavy atom. The lowest BCUT2D eigenvalue weighted by atomic mass is 9.99. The first-order valence-electron chi connectivity index (χ1n) is 3.35. The molecular formula is C7H11NOS. The number of rotatable bonds is 0. The maximum atomic E-state index is 11.0. The standard InChI is InChI=1S/C7H11NOS/c1-4-5(2)7(9)10-6(4)8-3/h4-5H,1-3H3. The van der Waals surface area contributed by atoms with E-state index in [9.17, 15) is 4.79 Å². The monoisotopic (exact) mass is 157 g/mol. The molecule has 0 N–H and O–H groups in total. The molecule has 1 fully saturated rings. The Kier molecular flexibility index (Phi) is 2.14. The molecule has 1 heterocycles. The summed E-state index contributed by atoms with van der Waals surface area (Å²) >= 11 is 1.29. The number of hydrogen-bond acceptors (Lipinski definition) is 3. The van der Waals surface area contributed by atoms with Gasteiger partial charge in [-0.25, -0.2) is 0 Å². The fraction of sp³-hybridized carbons (Fsp3) is 0.714. The predicted octanol–water partition coefficient (Wildman–Crippen LogP) is 1.56. The van der Waals surface area contributed by atoms with E-state index < -0.39 is 0 Å². The Morgan fingerprint density at radius 1 is 1.40 bits per heavy atom. The highest BCUT2D eigenvalue weighted by atomic mass is 32.2. The molecule has 1 saturated heterocycles. The van der Waals surface area contributed by atoms with Crippen molar-refractivity contribution in [1.82, 2.24) is 0 Å². The SMILES string of the molecule is CN=C1SC(=O)C(C)C1C. The molecule has 1 aliphatic heterocycles. The first-order valence-corrected chi connectivity index (χ1v) is 4.17. The molecule has 0 aromatic heterocycles. The van der Waals surface area contributed by atoms with Gasteiger partial charge < -0.3 is 0 Å². The zero-order valence-electron chi connectivity index (χ0n) is 6.42. The van der Waals surface area contributed by atoms with Crippen molar-refractivity contribution < 1.29 is 4.79 Å². The van der Waals surface area contributed by atoms with E-state index in [-0.39, 0.29) is 11.0 Å². The fourth-order valence-corrected chi connectivity index (χ4v) is 2.03. The molecule has 0 aromatic rings. The van der Waals surface area contributed by atoms with Crippen LogP contribution in [-0.2, 0) is 4.79 Å². The molecule has 0 bridgehead atoms. The zero-order chi connectivity index (χ0) is 7.72. The largest absolute Gasteiger partial charge is 0.286 e. The number of aliphatic imine (C=N–C) groups is 1. The Bertz CT molecular complexity index is 188. The lowest BCUT2D eigenvalue weighted by molar-refractivity contribution is -0.114. The summed E-state index contributed by atoms with van der Waals surface area (Å²) in [6.07, 6.45) is 0. The van der Waals surface area contributed by atoms with E-state index in [1.54, 1.807) is 7.05 Å². The number of carbonyl (C=O) groups is 1. The molecule has 1 aliphatic rings. The van der Waals surface area contributed by atoms with E-state index in [0.29, 0.717) is 5.92 Å². The highest BCUT2D eigenvalue weighted by molar-refractivity contribution is 8.27. The van der Waals surface area contributed by atoms with Crippen LogP contribution in [0.1, 0.15) is 13.8 Å². The molecular weight excluding hydrogens is 146 g/mol. The molecule has 0 saturated carbocycles. The van der Waals surface area contributed by atoms with Crippen molar-refractivity contribution in [2.24, 2.45) is 16.8 Å². The fourth-order valence-electron chi connectivity index (χ4n) is 0.956. The number of hydrogen-bond donors (Lipinski definition) is 0. The second-order valence-corrected chi connectivity index (χ2v) is 3.59. The van der Waals surface area contributed by atoms with Gasteiger partial charge in [0.15, 0.2) is 5.12 Å². The summed E-state index contributed by atoms with van der Waals surface area (Å²) in [6.45, 7) is 4.00. The first-order chi connectivity index (χ1) is 4.66. The van der Waals surface area contributed by atoms with Gasteiger partial charge in [-0.15, -0.1) is 0 Å². The summed E-state index contributed by atoms with van der Waals surface area (Å²) in [5.74, 6) is 0.492. The number of nitrogens with zero attached hydrogens (tertiary/aromatic N) is 1. The summed E-state index contributed by atoms with van der Waals surface area (Å²) < 4.78 is 0. The number of thioether (sulfide) groups is 1. The van der Waals surface area contributed by atoms with Crippen LogP contribution in [0.4, 0.5) is 0 Å². The summed E-state index contributed by atoms with van der Waals surface area (Å²) in [7, 11) is 1.74. The second-order valence-electron chi connectivity index (χ2n) is 2.56. The van der Waals surface area contributed by atoms with Crippen molar-refractivity contribution >= 4 is 21.9 Å². The van der Waals surface area contributed by atoms with Crippen LogP contribution < -0.4 is 0 Å². The molecule has 3 heteroatoms.